The normalized spacial score (nSPS) is 20.1. The Balaban J connectivity index is 2.51. The highest BCUT2D eigenvalue weighted by Crippen LogP contribution is 2.43. The summed E-state index contributed by atoms with van der Waals surface area (Å²) in [6, 6.07) is 0.0523. The van der Waals surface area contributed by atoms with E-state index in [1.165, 1.54) is 12.8 Å². The SMILES string of the molecule is CC(C)CC1(C(=O)NCC(N)CC(C)(C)C)CCCC1. The summed E-state index contributed by atoms with van der Waals surface area (Å²) in [6.45, 7) is 11.6. The van der Waals surface area contributed by atoms with Crippen LogP contribution in [0.15, 0.2) is 0 Å². The van der Waals surface area contributed by atoms with Gasteiger partial charge >= 0.3 is 0 Å². The molecule has 0 aromatic carbocycles. The maximum atomic E-state index is 12.6. The summed E-state index contributed by atoms with van der Waals surface area (Å²) in [6.07, 6.45) is 6.41. The molecule has 3 N–H and O–H groups in total. The zero-order valence-electron chi connectivity index (χ0n) is 14.1. The zero-order valence-corrected chi connectivity index (χ0v) is 14.1. The van der Waals surface area contributed by atoms with E-state index in [4.69, 9.17) is 5.73 Å². The van der Waals surface area contributed by atoms with Gasteiger partial charge in [0.1, 0.15) is 0 Å². The Bertz CT molecular complexity index is 311. The quantitative estimate of drug-likeness (QED) is 0.783. The zero-order chi connectivity index (χ0) is 15.4. The van der Waals surface area contributed by atoms with Gasteiger partial charge in [-0.1, -0.05) is 47.5 Å². The summed E-state index contributed by atoms with van der Waals surface area (Å²) in [5, 5.41) is 3.13. The van der Waals surface area contributed by atoms with Crippen LogP contribution in [0.1, 0.15) is 73.1 Å². The molecule has 1 aliphatic rings. The molecule has 1 saturated carbocycles. The van der Waals surface area contributed by atoms with Crippen LogP contribution in [0, 0.1) is 16.7 Å². The monoisotopic (exact) mass is 282 g/mol. The molecule has 0 saturated heterocycles. The standard InChI is InChI=1S/C17H34N2O/c1-13(2)10-17(8-6-7-9-17)15(20)19-12-14(18)11-16(3,4)5/h13-14H,6-12,18H2,1-5H3,(H,19,20). The Hall–Kier alpha value is -0.570. The van der Waals surface area contributed by atoms with Gasteiger partial charge in [-0.25, -0.2) is 0 Å². The molecule has 0 aromatic heterocycles. The van der Waals surface area contributed by atoms with Crippen LogP contribution in [0.25, 0.3) is 0 Å². The number of carbonyl (C=O) groups is 1. The summed E-state index contributed by atoms with van der Waals surface area (Å²) in [4.78, 5) is 12.6. The third kappa shape index (κ3) is 5.43. The molecule has 118 valence electrons. The fraction of sp³-hybridized carbons (Fsp3) is 0.941. The van der Waals surface area contributed by atoms with Crippen molar-refractivity contribution in [1.29, 1.82) is 0 Å². The van der Waals surface area contributed by atoms with E-state index in [9.17, 15) is 4.79 Å². The molecule has 1 atom stereocenters. The van der Waals surface area contributed by atoms with E-state index in [-0.39, 0.29) is 22.8 Å². The van der Waals surface area contributed by atoms with Crippen LogP contribution in [0.5, 0.6) is 0 Å². The van der Waals surface area contributed by atoms with E-state index in [1.54, 1.807) is 0 Å². The number of hydrogen-bond acceptors (Lipinski definition) is 2. The van der Waals surface area contributed by atoms with Crippen LogP contribution >= 0.6 is 0 Å². The average molecular weight is 282 g/mol. The molecule has 1 fully saturated rings. The van der Waals surface area contributed by atoms with Crippen molar-refractivity contribution in [3.63, 3.8) is 0 Å². The largest absolute Gasteiger partial charge is 0.354 e. The lowest BCUT2D eigenvalue weighted by molar-refractivity contribution is -0.131. The van der Waals surface area contributed by atoms with Crippen molar-refractivity contribution in [2.24, 2.45) is 22.5 Å². The molecule has 0 bridgehead atoms. The summed E-state index contributed by atoms with van der Waals surface area (Å²) in [5.41, 5.74) is 6.24. The first kappa shape index (κ1) is 17.5. The third-order valence-corrected chi connectivity index (χ3v) is 4.24. The molecule has 3 nitrogen and oxygen atoms in total. The predicted octanol–water partition coefficient (Wildman–Crippen LogP) is 3.47. The Kier molecular flexibility index (Phi) is 6.06. The fourth-order valence-corrected chi connectivity index (χ4v) is 3.63. The minimum atomic E-state index is -0.115. The van der Waals surface area contributed by atoms with Crippen molar-refractivity contribution >= 4 is 5.91 Å². The first-order valence-electron chi connectivity index (χ1n) is 8.18. The number of carbonyl (C=O) groups excluding carboxylic acids is 1. The maximum Gasteiger partial charge on any atom is 0.226 e. The highest BCUT2D eigenvalue weighted by atomic mass is 16.2. The minimum Gasteiger partial charge on any atom is -0.354 e. The van der Waals surface area contributed by atoms with Crippen LogP contribution in [-0.4, -0.2) is 18.5 Å². The Morgan fingerprint density at radius 1 is 1.25 bits per heavy atom. The summed E-state index contributed by atoms with van der Waals surface area (Å²) in [5.74, 6) is 0.815. The van der Waals surface area contributed by atoms with E-state index in [1.807, 2.05) is 0 Å². The van der Waals surface area contributed by atoms with Crippen molar-refractivity contribution in [2.45, 2.75) is 79.2 Å². The van der Waals surface area contributed by atoms with Gasteiger partial charge < -0.3 is 11.1 Å². The van der Waals surface area contributed by atoms with Crippen molar-refractivity contribution in [3.8, 4) is 0 Å². The summed E-state index contributed by atoms with van der Waals surface area (Å²) in [7, 11) is 0. The van der Waals surface area contributed by atoms with Crippen molar-refractivity contribution in [2.75, 3.05) is 6.54 Å². The van der Waals surface area contributed by atoms with Gasteiger partial charge in [-0.15, -0.1) is 0 Å². The van der Waals surface area contributed by atoms with E-state index in [0.717, 1.165) is 25.7 Å². The fourth-order valence-electron chi connectivity index (χ4n) is 3.63. The molecule has 0 heterocycles. The molecule has 1 unspecified atom stereocenters. The van der Waals surface area contributed by atoms with Gasteiger partial charge in [0, 0.05) is 18.0 Å². The summed E-state index contributed by atoms with van der Waals surface area (Å²) >= 11 is 0. The number of hydrogen-bond donors (Lipinski definition) is 2. The molecule has 0 radical (unpaired) electrons. The van der Waals surface area contributed by atoms with Gasteiger partial charge in [-0.3, -0.25) is 4.79 Å². The van der Waals surface area contributed by atoms with Crippen molar-refractivity contribution < 1.29 is 4.79 Å². The molecule has 20 heavy (non-hydrogen) atoms. The Labute approximate surface area is 125 Å². The lowest BCUT2D eigenvalue weighted by atomic mass is 9.77. The third-order valence-electron chi connectivity index (χ3n) is 4.24. The minimum absolute atomic E-state index is 0.0523. The van der Waals surface area contributed by atoms with Gasteiger partial charge in [0.25, 0.3) is 0 Å². The smallest absolute Gasteiger partial charge is 0.226 e. The maximum absolute atomic E-state index is 12.6. The first-order chi connectivity index (χ1) is 9.15. The highest BCUT2D eigenvalue weighted by Gasteiger charge is 2.41. The second-order valence-electron chi connectivity index (χ2n) is 8.32. The van der Waals surface area contributed by atoms with E-state index in [2.05, 4.69) is 39.9 Å². The van der Waals surface area contributed by atoms with Crippen molar-refractivity contribution in [3.05, 3.63) is 0 Å². The molecular formula is C17H34N2O. The van der Waals surface area contributed by atoms with E-state index >= 15 is 0 Å². The molecule has 0 spiro atoms. The lowest BCUT2D eigenvalue weighted by Crippen LogP contribution is -2.45. The van der Waals surface area contributed by atoms with Crippen LogP contribution in [0.2, 0.25) is 0 Å². The average Bonchev–Trinajstić information content (AvgIpc) is 2.72. The number of nitrogens with one attached hydrogen (secondary N) is 1. The van der Waals surface area contributed by atoms with Gasteiger partial charge in [-0.05, 0) is 37.0 Å². The first-order valence-corrected chi connectivity index (χ1v) is 8.18. The molecule has 1 rings (SSSR count). The Morgan fingerprint density at radius 3 is 2.25 bits per heavy atom. The van der Waals surface area contributed by atoms with E-state index < -0.39 is 0 Å². The molecule has 1 aliphatic carbocycles. The van der Waals surface area contributed by atoms with E-state index in [0.29, 0.717) is 12.5 Å². The molecule has 3 heteroatoms. The lowest BCUT2D eigenvalue weighted by Gasteiger charge is -2.31. The second-order valence-corrected chi connectivity index (χ2v) is 8.32. The summed E-state index contributed by atoms with van der Waals surface area (Å²) < 4.78 is 0. The van der Waals surface area contributed by atoms with Gasteiger partial charge in [0.2, 0.25) is 5.91 Å². The number of amides is 1. The van der Waals surface area contributed by atoms with Crippen molar-refractivity contribution in [1.82, 2.24) is 5.32 Å². The van der Waals surface area contributed by atoms with Gasteiger partial charge in [-0.2, -0.15) is 0 Å². The van der Waals surface area contributed by atoms with Crippen LogP contribution < -0.4 is 11.1 Å². The highest BCUT2D eigenvalue weighted by molar-refractivity contribution is 5.82. The topological polar surface area (TPSA) is 55.1 Å². The van der Waals surface area contributed by atoms with Gasteiger partial charge in [0.05, 0.1) is 0 Å². The molecular weight excluding hydrogens is 248 g/mol. The number of rotatable bonds is 6. The molecule has 1 amide bonds. The molecule has 0 aromatic rings. The van der Waals surface area contributed by atoms with Crippen LogP contribution in [0.3, 0.4) is 0 Å². The predicted molar refractivity (Wildman–Crippen MR) is 85.4 cm³/mol. The second kappa shape index (κ2) is 6.93. The van der Waals surface area contributed by atoms with Crippen LogP contribution in [-0.2, 0) is 4.79 Å². The van der Waals surface area contributed by atoms with Crippen LogP contribution in [0.4, 0.5) is 0 Å². The Morgan fingerprint density at radius 2 is 1.80 bits per heavy atom. The number of nitrogens with two attached hydrogens (primary N) is 1. The molecule has 0 aliphatic heterocycles. The van der Waals surface area contributed by atoms with Gasteiger partial charge in [0.15, 0.2) is 0 Å².